The van der Waals surface area contributed by atoms with Crippen molar-refractivity contribution >= 4 is 5.96 Å². The molecule has 1 unspecified atom stereocenters. The lowest BCUT2D eigenvalue weighted by Gasteiger charge is -2.39. The Kier molecular flexibility index (Phi) is 5.60. The van der Waals surface area contributed by atoms with Gasteiger partial charge in [-0.2, -0.15) is 0 Å². The molecule has 1 aromatic rings. The fourth-order valence-electron chi connectivity index (χ4n) is 3.76. The van der Waals surface area contributed by atoms with E-state index in [0.29, 0.717) is 6.04 Å². The van der Waals surface area contributed by atoms with Gasteiger partial charge in [0.2, 0.25) is 0 Å². The van der Waals surface area contributed by atoms with E-state index in [1.165, 1.54) is 25.7 Å². The van der Waals surface area contributed by atoms with Crippen molar-refractivity contribution < 1.29 is 9.15 Å². The van der Waals surface area contributed by atoms with Crippen molar-refractivity contribution in [1.29, 1.82) is 0 Å². The van der Waals surface area contributed by atoms with Crippen molar-refractivity contribution in [3.05, 3.63) is 24.2 Å². The molecule has 2 N–H and O–H groups in total. The van der Waals surface area contributed by atoms with E-state index >= 15 is 0 Å². The maximum absolute atomic E-state index is 6.12. The normalized spacial score (nSPS) is 24.0. The molecule has 0 amide bonds. The Balaban J connectivity index is 1.53. The monoisotopic (exact) mass is 319 g/mol. The molecule has 23 heavy (non-hydrogen) atoms. The average Bonchev–Trinajstić information content (AvgIpc) is 3.20. The van der Waals surface area contributed by atoms with Crippen molar-refractivity contribution in [2.24, 2.45) is 4.99 Å². The highest BCUT2D eigenvalue weighted by atomic mass is 16.5. The highest BCUT2D eigenvalue weighted by Crippen LogP contribution is 2.39. The Bertz CT molecular complexity index is 492. The number of furan rings is 1. The quantitative estimate of drug-likeness (QED) is 0.647. The molecule has 1 atom stereocenters. The second kappa shape index (κ2) is 7.86. The molecule has 2 heterocycles. The Hall–Kier alpha value is -1.49. The number of hydrogen-bond acceptors (Lipinski definition) is 3. The lowest BCUT2D eigenvalue weighted by molar-refractivity contribution is -0.0815. The minimum atomic E-state index is 0.140. The fourth-order valence-corrected chi connectivity index (χ4v) is 3.76. The Morgan fingerprint density at radius 1 is 1.39 bits per heavy atom. The van der Waals surface area contributed by atoms with Crippen LogP contribution in [0.25, 0.3) is 0 Å². The van der Waals surface area contributed by atoms with Gasteiger partial charge in [-0.25, -0.2) is 0 Å². The van der Waals surface area contributed by atoms with Crippen LogP contribution in [0.15, 0.2) is 27.8 Å². The number of hydrogen-bond donors (Lipinski definition) is 2. The first-order valence-corrected chi connectivity index (χ1v) is 9.01. The van der Waals surface area contributed by atoms with Crippen LogP contribution < -0.4 is 10.6 Å². The molecule has 1 spiro atoms. The van der Waals surface area contributed by atoms with Crippen LogP contribution in [0, 0.1) is 0 Å². The van der Waals surface area contributed by atoms with Gasteiger partial charge >= 0.3 is 0 Å². The fraction of sp³-hybridized carbons (Fsp3) is 0.722. The number of aliphatic imine (C=N–C) groups is 1. The molecule has 128 valence electrons. The van der Waals surface area contributed by atoms with Crippen LogP contribution in [-0.4, -0.2) is 37.3 Å². The summed E-state index contributed by atoms with van der Waals surface area (Å²) in [7, 11) is 0. The second-order valence-corrected chi connectivity index (χ2v) is 6.66. The van der Waals surface area contributed by atoms with Gasteiger partial charge in [-0.3, -0.25) is 4.99 Å². The molecule has 1 saturated carbocycles. The minimum Gasteiger partial charge on any atom is -0.469 e. The third kappa shape index (κ3) is 4.50. The Morgan fingerprint density at radius 3 is 3.00 bits per heavy atom. The van der Waals surface area contributed by atoms with Crippen molar-refractivity contribution in [3.63, 3.8) is 0 Å². The number of rotatable bonds is 5. The molecule has 0 bridgehead atoms. The zero-order chi connectivity index (χ0) is 16.0. The minimum absolute atomic E-state index is 0.140. The van der Waals surface area contributed by atoms with Gasteiger partial charge in [0.25, 0.3) is 0 Å². The van der Waals surface area contributed by atoms with Gasteiger partial charge in [0, 0.05) is 32.2 Å². The van der Waals surface area contributed by atoms with Crippen LogP contribution >= 0.6 is 0 Å². The molecular weight excluding hydrogens is 290 g/mol. The molecule has 5 heteroatoms. The molecule has 0 aromatic carbocycles. The zero-order valence-corrected chi connectivity index (χ0v) is 14.1. The first-order valence-electron chi connectivity index (χ1n) is 9.01. The zero-order valence-electron chi connectivity index (χ0n) is 14.1. The van der Waals surface area contributed by atoms with Gasteiger partial charge in [0.15, 0.2) is 5.96 Å². The third-order valence-electron chi connectivity index (χ3n) is 4.90. The topological polar surface area (TPSA) is 58.8 Å². The smallest absolute Gasteiger partial charge is 0.191 e. The van der Waals surface area contributed by atoms with E-state index in [4.69, 9.17) is 14.1 Å². The Labute approximate surface area is 138 Å². The van der Waals surface area contributed by atoms with E-state index in [1.54, 1.807) is 6.26 Å². The van der Waals surface area contributed by atoms with Crippen LogP contribution in [0.3, 0.4) is 0 Å². The SMILES string of the molecule is CCNC(=NCCc1ccco1)NC1CCOC2(CCCC2)C1. The largest absolute Gasteiger partial charge is 0.469 e. The molecule has 1 aliphatic heterocycles. The highest BCUT2D eigenvalue weighted by Gasteiger charge is 2.40. The lowest BCUT2D eigenvalue weighted by atomic mass is 9.89. The lowest BCUT2D eigenvalue weighted by Crippen LogP contribution is -2.50. The van der Waals surface area contributed by atoms with Crippen LogP contribution in [0.4, 0.5) is 0 Å². The summed E-state index contributed by atoms with van der Waals surface area (Å²) in [5, 5.41) is 6.97. The second-order valence-electron chi connectivity index (χ2n) is 6.66. The van der Waals surface area contributed by atoms with E-state index in [1.807, 2.05) is 12.1 Å². The molecule has 3 rings (SSSR count). The molecule has 2 fully saturated rings. The van der Waals surface area contributed by atoms with Crippen LogP contribution in [0.1, 0.15) is 51.2 Å². The molecule has 5 nitrogen and oxygen atoms in total. The van der Waals surface area contributed by atoms with E-state index in [9.17, 15) is 0 Å². The van der Waals surface area contributed by atoms with Crippen molar-refractivity contribution in [2.75, 3.05) is 19.7 Å². The molecule has 1 aromatic heterocycles. The summed E-state index contributed by atoms with van der Waals surface area (Å²) >= 11 is 0. The van der Waals surface area contributed by atoms with E-state index in [-0.39, 0.29) is 5.60 Å². The van der Waals surface area contributed by atoms with E-state index in [2.05, 4.69) is 17.6 Å². The summed E-state index contributed by atoms with van der Waals surface area (Å²) in [6, 6.07) is 4.38. The van der Waals surface area contributed by atoms with Crippen LogP contribution in [-0.2, 0) is 11.2 Å². The van der Waals surface area contributed by atoms with Crippen molar-refractivity contribution in [2.45, 2.75) is 63.5 Å². The molecule has 1 saturated heterocycles. The van der Waals surface area contributed by atoms with Crippen LogP contribution in [0.5, 0.6) is 0 Å². The van der Waals surface area contributed by atoms with Crippen LogP contribution in [0.2, 0.25) is 0 Å². The summed E-state index contributed by atoms with van der Waals surface area (Å²) < 4.78 is 11.5. The number of ether oxygens (including phenoxy) is 1. The summed E-state index contributed by atoms with van der Waals surface area (Å²) in [6.45, 7) is 4.58. The first-order chi connectivity index (χ1) is 11.3. The van der Waals surface area contributed by atoms with E-state index < -0.39 is 0 Å². The predicted octanol–water partition coefficient (Wildman–Crippen LogP) is 2.87. The molecule has 2 aliphatic rings. The summed E-state index contributed by atoms with van der Waals surface area (Å²) in [4.78, 5) is 4.69. The average molecular weight is 319 g/mol. The van der Waals surface area contributed by atoms with Crippen molar-refractivity contribution in [1.82, 2.24) is 10.6 Å². The van der Waals surface area contributed by atoms with Gasteiger partial charge in [-0.05, 0) is 44.7 Å². The maximum atomic E-state index is 6.12. The van der Waals surface area contributed by atoms with Gasteiger partial charge in [-0.1, -0.05) is 12.8 Å². The van der Waals surface area contributed by atoms with Gasteiger partial charge < -0.3 is 19.8 Å². The molecular formula is C18H29N3O2. The number of guanidine groups is 1. The maximum Gasteiger partial charge on any atom is 0.191 e. The van der Waals surface area contributed by atoms with Crippen molar-refractivity contribution in [3.8, 4) is 0 Å². The van der Waals surface area contributed by atoms with Gasteiger partial charge in [0.05, 0.1) is 11.9 Å². The highest BCUT2D eigenvalue weighted by molar-refractivity contribution is 5.80. The molecule has 0 radical (unpaired) electrons. The first kappa shape index (κ1) is 16.4. The van der Waals surface area contributed by atoms with E-state index in [0.717, 1.165) is 50.7 Å². The number of nitrogens with one attached hydrogen (secondary N) is 2. The number of nitrogens with zero attached hydrogens (tertiary/aromatic N) is 1. The standard InChI is InChI=1S/C18H29N3O2/c1-2-19-17(20-11-7-16-6-5-12-22-16)21-15-8-13-23-18(14-15)9-3-4-10-18/h5-6,12,15H,2-4,7-11,13-14H2,1H3,(H2,19,20,21). The third-order valence-corrected chi connectivity index (χ3v) is 4.90. The molecule has 1 aliphatic carbocycles. The summed E-state index contributed by atoms with van der Waals surface area (Å²) in [5.74, 6) is 1.90. The Morgan fingerprint density at radius 2 is 2.26 bits per heavy atom. The predicted molar refractivity (Wildman–Crippen MR) is 91.7 cm³/mol. The summed E-state index contributed by atoms with van der Waals surface area (Å²) in [5.41, 5.74) is 0.140. The summed E-state index contributed by atoms with van der Waals surface area (Å²) in [6.07, 6.45) is 9.77. The van der Waals surface area contributed by atoms with Gasteiger partial charge in [0.1, 0.15) is 5.76 Å². The van der Waals surface area contributed by atoms with Gasteiger partial charge in [-0.15, -0.1) is 0 Å².